The highest BCUT2D eigenvalue weighted by atomic mass is 16.4. The van der Waals surface area contributed by atoms with Crippen molar-refractivity contribution in [3.8, 4) is 0 Å². The first-order valence-electron chi connectivity index (χ1n) is 7.73. The molecular formula is C19H21NO2. The summed E-state index contributed by atoms with van der Waals surface area (Å²) in [5, 5.41) is 9.07. The maximum Gasteiger partial charge on any atom is 0.335 e. The van der Waals surface area contributed by atoms with Gasteiger partial charge in [0, 0.05) is 25.0 Å². The molecule has 1 N–H and O–H groups in total. The largest absolute Gasteiger partial charge is 0.478 e. The van der Waals surface area contributed by atoms with Crippen LogP contribution in [0, 0.1) is 0 Å². The number of nitrogens with zero attached hydrogens (tertiary/aromatic N) is 1. The molecule has 0 saturated carbocycles. The summed E-state index contributed by atoms with van der Waals surface area (Å²) in [6.45, 7) is 5.13. The van der Waals surface area contributed by atoms with Crippen LogP contribution >= 0.6 is 0 Å². The summed E-state index contributed by atoms with van der Waals surface area (Å²) in [7, 11) is 0. The van der Waals surface area contributed by atoms with Crippen LogP contribution in [0.15, 0.2) is 54.6 Å². The van der Waals surface area contributed by atoms with E-state index in [2.05, 4.69) is 42.2 Å². The summed E-state index contributed by atoms with van der Waals surface area (Å²) in [5.41, 5.74) is 3.10. The number of hydrogen-bond acceptors (Lipinski definition) is 2. The first-order valence-corrected chi connectivity index (χ1v) is 7.73. The average Bonchev–Trinajstić information content (AvgIpc) is 2.51. The van der Waals surface area contributed by atoms with Crippen LogP contribution < -0.4 is 0 Å². The van der Waals surface area contributed by atoms with Gasteiger partial charge in [-0.05, 0) is 29.7 Å². The second-order valence-corrected chi connectivity index (χ2v) is 6.15. The summed E-state index contributed by atoms with van der Waals surface area (Å²) in [4.78, 5) is 13.4. The molecule has 0 amide bonds. The highest BCUT2D eigenvalue weighted by Gasteiger charge is 2.42. The second-order valence-electron chi connectivity index (χ2n) is 6.15. The fraction of sp³-hybridized carbons (Fsp3) is 0.316. The topological polar surface area (TPSA) is 40.5 Å². The maximum absolute atomic E-state index is 11.0. The molecule has 114 valence electrons. The Morgan fingerprint density at radius 3 is 2.50 bits per heavy atom. The van der Waals surface area contributed by atoms with Gasteiger partial charge in [0.1, 0.15) is 0 Å². The van der Waals surface area contributed by atoms with Gasteiger partial charge in [-0.2, -0.15) is 0 Å². The number of carboxylic acid groups (broad SMARTS) is 1. The normalized spacial score (nSPS) is 17.0. The van der Waals surface area contributed by atoms with Crippen LogP contribution in [0.4, 0.5) is 0 Å². The van der Waals surface area contributed by atoms with Crippen LogP contribution in [0.2, 0.25) is 0 Å². The van der Waals surface area contributed by atoms with Crippen molar-refractivity contribution < 1.29 is 9.90 Å². The molecule has 1 heterocycles. The third kappa shape index (κ3) is 2.77. The van der Waals surface area contributed by atoms with Crippen molar-refractivity contribution in [1.82, 2.24) is 4.90 Å². The molecule has 1 fully saturated rings. The summed E-state index contributed by atoms with van der Waals surface area (Å²) in [6.07, 6.45) is 1.13. The van der Waals surface area contributed by atoms with Crippen LogP contribution in [-0.4, -0.2) is 29.1 Å². The molecule has 22 heavy (non-hydrogen) atoms. The number of rotatable bonds is 5. The van der Waals surface area contributed by atoms with Crippen molar-refractivity contribution in [3.05, 3.63) is 71.3 Å². The van der Waals surface area contributed by atoms with Gasteiger partial charge in [0.2, 0.25) is 0 Å². The van der Waals surface area contributed by atoms with E-state index in [9.17, 15) is 4.79 Å². The van der Waals surface area contributed by atoms with E-state index in [1.54, 1.807) is 12.1 Å². The zero-order valence-corrected chi connectivity index (χ0v) is 12.8. The minimum absolute atomic E-state index is 0.256. The standard InChI is InChI=1S/C19H21NO2/c1-2-19(17-9-4-3-5-10-17)13-20(14-19)12-15-7-6-8-16(11-15)18(21)22/h3-11H,2,12-14H2,1H3,(H,21,22). The summed E-state index contributed by atoms with van der Waals surface area (Å²) in [5.74, 6) is -0.863. The molecular weight excluding hydrogens is 274 g/mol. The Bertz CT molecular complexity index is 660. The Morgan fingerprint density at radius 2 is 1.86 bits per heavy atom. The fourth-order valence-corrected chi connectivity index (χ4v) is 3.38. The molecule has 0 aromatic heterocycles. The zero-order chi connectivity index (χ0) is 15.6. The van der Waals surface area contributed by atoms with E-state index in [0.29, 0.717) is 5.56 Å². The zero-order valence-electron chi connectivity index (χ0n) is 12.8. The number of likely N-dealkylation sites (tertiary alicyclic amines) is 1. The van der Waals surface area contributed by atoms with Gasteiger partial charge >= 0.3 is 5.97 Å². The molecule has 1 saturated heterocycles. The van der Waals surface area contributed by atoms with E-state index in [-0.39, 0.29) is 5.41 Å². The average molecular weight is 295 g/mol. The lowest BCUT2D eigenvalue weighted by atomic mass is 9.71. The van der Waals surface area contributed by atoms with Gasteiger partial charge in [-0.25, -0.2) is 4.79 Å². The lowest BCUT2D eigenvalue weighted by molar-refractivity contribution is 0.0540. The molecule has 0 unspecified atom stereocenters. The molecule has 1 aliphatic heterocycles. The Hall–Kier alpha value is -2.13. The molecule has 0 spiro atoms. The first kappa shape index (κ1) is 14.8. The van der Waals surface area contributed by atoms with Crippen LogP contribution in [0.3, 0.4) is 0 Å². The quantitative estimate of drug-likeness (QED) is 0.917. The molecule has 1 aliphatic rings. The highest BCUT2D eigenvalue weighted by molar-refractivity contribution is 5.87. The monoisotopic (exact) mass is 295 g/mol. The maximum atomic E-state index is 11.0. The Morgan fingerprint density at radius 1 is 1.14 bits per heavy atom. The number of carboxylic acids is 1. The lowest BCUT2D eigenvalue weighted by Gasteiger charge is -2.50. The highest BCUT2D eigenvalue weighted by Crippen LogP contribution is 2.38. The van der Waals surface area contributed by atoms with Crippen molar-refractivity contribution >= 4 is 5.97 Å². The Labute approximate surface area is 131 Å². The van der Waals surface area contributed by atoms with Gasteiger partial charge < -0.3 is 5.11 Å². The van der Waals surface area contributed by atoms with Crippen LogP contribution in [0.25, 0.3) is 0 Å². The van der Waals surface area contributed by atoms with E-state index >= 15 is 0 Å². The van der Waals surface area contributed by atoms with E-state index < -0.39 is 5.97 Å². The molecule has 3 rings (SSSR count). The first-order chi connectivity index (χ1) is 10.6. The molecule has 3 nitrogen and oxygen atoms in total. The number of aromatic carboxylic acids is 1. The van der Waals surface area contributed by atoms with Gasteiger partial charge in [0.05, 0.1) is 5.56 Å². The molecule has 0 atom stereocenters. The van der Waals surface area contributed by atoms with Gasteiger partial charge in [-0.3, -0.25) is 4.90 Å². The Balaban J connectivity index is 1.68. The smallest absolute Gasteiger partial charge is 0.335 e. The van der Waals surface area contributed by atoms with E-state index in [1.165, 1.54) is 5.56 Å². The minimum Gasteiger partial charge on any atom is -0.478 e. The molecule has 3 heteroatoms. The SMILES string of the molecule is CCC1(c2ccccc2)CN(Cc2cccc(C(=O)O)c2)C1. The van der Waals surface area contributed by atoms with Crippen molar-refractivity contribution in [2.45, 2.75) is 25.3 Å². The van der Waals surface area contributed by atoms with E-state index in [1.807, 2.05) is 12.1 Å². The van der Waals surface area contributed by atoms with Crippen molar-refractivity contribution in [1.29, 1.82) is 0 Å². The van der Waals surface area contributed by atoms with Crippen LogP contribution in [-0.2, 0) is 12.0 Å². The van der Waals surface area contributed by atoms with Crippen molar-refractivity contribution in [3.63, 3.8) is 0 Å². The summed E-state index contributed by atoms with van der Waals surface area (Å²) >= 11 is 0. The van der Waals surface area contributed by atoms with Crippen LogP contribution in [0.1, 0.15) is 34.8 Å². The van der Waals surface area contributed by atoms with E-state index in [0.717, 1.165) is 31.6 Å². The van der Waals surface area contributed by atoms with Crippen molar-refractivity contribution in [2.75, 3.05) is 13.1 Å². The summed E-state index contributed by atoms with van der Waals surface area (Å²) < 4.78 is 0. The lowest BCUT2D eigenvalue weighted by Crippen LogP contribution is -2.58. The number of benzene rings is 2. The second kappa shape index (κ2) is 5.93. The van der Waals surface area contributed by atoms with Crippen molar-refractivity contribution in [2.24, 2.45) is 0 Å². The number of hydrogen-bond donors (Lipinski definition) is 1. The Kier molecular flexibility index (Phi) is 3.99. The molecule has 2 aromatic rings. The number of carbonyl (C=O) groups is 1. The third-order valence-electron chi connectivity index (χ3n) is 4.70. The molecule has 0 bridgehead atoms. The summed E-state index contributed by atoms with van der Waals surface area (Å²) in [6, 6.07) is 17.9. The molecule has 0 radical (unpaired) electrons. The van der Waals surface area contributed by atoms with Gasteiger partial charge in [-0.15, -0.1) is 0 Å². The third-order valence-corrected chi connectivity index (χ3v) is 4.70. The van der Waals surface area contributed by atoms with Crippen LogP contribution in [0.5, 0.6) is 0 Å². The van der Waals surface area contributed by atoms with E-state index in [4.69, 9.17) is 5.11 Å². The molecule has 2 aromatic carbocycles. The van der Waals surface area contributed by atoms with Gasteiger partial charge in [0.15, 0.2) is 0 Å². The predicted octanol–water partition coefficient (Wildman–Crippen LogP) is 3.55. The minimum atomic E-state index is -0.863. The van der Waals surface area contributed by atoms with Gasteiger partial charge in [0.25, 0.3) is 0 Å². The molecule has 0 aliphatic carbocycles. The fourth-order valence-electron chi connectivity index (χ4n) is 3.38. The predicted molar refractivity (Wildman–Crippen MR) is 87.1 cm³/mol. The van der Waals surface area contributed by atoms with Gasteiger partial charge in [-0.1, -0.05) is 49.4 Å².